The number of aromatic nitrogens is 6. The molecule has 0 aliphatic heterocycles. The number of carboxylic acids is 6. The molecule has 356 valence electrons. The standard InChI is InChI=1S/3C6H4N2O4.3C4H12N.5CH4O.Eu/c3*9-5(10)3-1-7-2-4(8-3)6(11)12;3*1-5(2,3)4;5*1-2;/h3*1-2H,(H,9,10)(H,11,12);3*1-4H3;5*2H,1H3;/q;;;3*+1;;;;;;+3/p-6. The van der Waals surface area contributed by atoms with Gasteiger partial charge in [-0.3, -0.25) is 15.0 Å². The van der Waals surface area contributed by atoms with Crippen LogP contribution in [0.25, 0.3) is 0 Å². The number of hydrogen-bond acceptors (Lipinski definition) is 23. The zero-order valence-electron chi connectivity index (χ0n) is 38.0. The Morgan fingerprint density at radius 2 is 0.403 bits per heavy atom. The predicted octanol–water partition coefficient (Wildman–Crippen LogP) is -9.38. The third-order valence-electron chi connectivity index (χ3n) is 3.16. The number of carbonyl (C=O) groups is 6. The number of rotatable bonds is 6. The van der Waals surface area contributed by atoms with Gasteiger partial charge in [-0.25, -0.2) is 15.0 Å². The summed E-state index contributed by atoms with van der Waals surface area (Å²) in [5, 5.41) is 95.9. The van der Waals surface area contributed by atoms with Crippen molar-refractivity contribution in [2.75, 3.05) is 120 Å². The molecule has 27 heteroatoms. The zero-order chi connectivity index (χ0) is 50.9. The average molecular weight is 1030 g/mol. The fourth-order valence-electron chi connectivity index (χ4n) is 1.69. The number of aliphatic hydroxyl groups excluding tert-OH is 5. The van der Waals surface area contributed by atoms with Crippen LogP contribution in [0.15, 0.2) is 37.2 Å². The SMILES string of the molecule is CO.CO.CO.CO.CO.C[N+](C)(C)C.C[N+](C)(C)C.C[N+](C)(C)C.O=C([O-])c1cncc(C(=O)[O-])n1.O=C([O-])c1cncc(C(=O)[O-])n1.O=C([O-])c1cncc(C(=O)[O-])n1.[Eu+3]. The summed E-state index contributed by atoms with van der Waals surface area (Å²) in [5.41, 5.74) is -3.18. The van der Waals surface area contributed by atoms with Crippen molar-refractivity contribution in [1.29, 1.82) is 0 Å². The first-order valence-corrected chi connectivity index (χ1v) is 16.2. The Labute approximate surface area is 402 Å². The Morgan fingerprint density at radius 3 is 0.468 bits per heavy atom. The van der Waals surface area contributed by atoms with Crippen molar-refractivity contribution in [2.45, 2.75) is 0 Å². The fraction of sp³-hybridized carbons (Fsp3) is 0.486. The van der Waals surface area contributed by atoms with E-state index in [9.17, 15) is 59.4 Å². The molecule has 3 aromatic rings. The molecule has 26 nitrogen and oxygen atoms in total. The third kappa shape index (κ3) is 67.1. The molecule has 62 heavy (non-hydrogen) atoms. The van der Waals surface area contributed by atoms with Crippen molar-refractivity contribution < 1.29 is 148 Å². The first kappa shape index (κ1) is 77.9. The van der Waals surface area contributed by atoms with Gasteiger partial charge in [0.25, 0.3) is 0 Å². The summed E-state index contributed by atoms with van der Waals surface area (Å²) >= 11 is 0. The molecular formula is C35H62EuN9O17. The number of carboxylic acid groups (broad SMARTS) is 6. The molecule has 0 unspecified atom stereocenters. The van der Waals surface area contributed by atoms with Crippen LogP contribution in [-0.2, 0) is 0 Å². The number of quaternary nitrogens is 3. The minimum absolute atomic E-state index is 0. The Kier molecular flexibility index (Phi) is 57.6. The number of aliphatic hydroxyl groups is 5. The summed E-state index contributed by atoms with van der Waals surface area (Å²) in [4.78, 5) is 80.4. The van der Waals surface area contributed by atoms with Crippen LogP contribution in [0, 0.1) is 49.4 Å². The first-order valence-electron chi connectivity index (χ1n) is 16.2. The molecule has 0 bridgehead atoms. The van der Waals surface area contributed by atoms with Crippen LogP contribution in [0.3, 0.4) is 0 Å². The second-order valence-corrected chi connectivity index (χ2v) is 13.6. The van der Waals surface area contributed by atoms with Crippen LogP contribution >= 0.6 is 0 Å². The van der Waals surface area contributed by atoms with E-state index in [0.29, 0.717) is 0 Å². The summed E-state index contributed by atoms with van der Waals surface area (Å²) < 4.78 is 3.00. The maximum absolute atomic E-state index is 10.1. The molecule has 0 saturated carbocycles. The van der Waals surface area contributed by atoms with Gasteiger partial charge in [0, 0.05) is 35.5 Å². The van der Waals surface area contributed by atoms with Crippen LogP contribution < -0.4 is 30.6 Å². The number of aromatic carboxylic acids is 6. The summed E-state index contributed by atoms with van der Waals surface area (Å²) in [6.45, 7) is 0. The average Bonchev–Trinajstić information content (AvgIpc) is 3.17. The maximum atomic E-state index is 10.1. The van der Waals surface area contributed by atoms with Gasteiger partial charge in [0.15, 0.2) is 0 Å². The van der Waals surface area contributed by atoms with Crippen molar-refractivity contribution in [3.63, 3.8) is 0 Å². The molecule has 0 aliphatic rings. The molecule has 0 spiro atoms. The second kappa shape index (κ2) is 45.8. The zero-order valence-corrected chi connectivity index (χ0v) is 40.4. The molecule has 0 radical (unpaired) electrons. The van der Waals surface area contributed by atoms with Gasteiger partial charge >= 0.3 is 49.4 Å². The smallest absolute Gasteiger partial charge is 0.543 e. The van der Waals surface area contributed by atoms with E-state index in [4.69, 9.17) is 25.5 Å². The van der Waals surface area contributed by atoms with E-state index in [1.54, 1.807) is 0 Å². The predicted molar refractivity (Wildman–Crippen MR) is 205 cm³/mol. The molecule has 3 rings (SSSR count). The second-order valence-electron chi connectivity index (χ2n) is 13.6. The molecule has 0 fully saturated rings. The molecule has 0 aromatic carbocycles. The monoisotopic (exact) mass is 1030 g/mol. The summed E-state index contributed by atoms with van der Waals surface area (Å²) in [5.74, 6) is -9.47. The Hall–Kier alpha value is -4.68. The number of hydrogen-bond donors (Lipinski definition) is 5. The molecule has 3 aromatic heterocycles. The first-order chi connectivity index (χ1) is 27.8. The number of nitrogens with zero attached hydrogens (tertiary/aromatic N) is 9. The molecule has 0 atom stereocenters. The largest absolute Gasteiger partial charge is 3.00 e. The van der Waals surface area contributed by atoms with Gasteiger partial charge in [-0.1, -0.05) is 0 Å². The molecule has 3 heterocycles. The van der Waals surface area contributed by atoms with E-state index in [1.165, 1.54) is 0 Å². The molecule has 0 saturated heterocycles. The van der Waals surface area contributed by atoms with Gasteiger partial charge in [0.05, 0.1) is 158 Å². The van der Waals surface area contributed by atoms with Gasteiger partial charge in [0.1, 0.15) is 34.2 Å². The summed E-state index contributed by atoms with van der Waals surface area (Å²) in [6.07, 6.45) is 5.34. The van der Waals surface area contributed by atoms with Crippen molar-refractivity contribution >= 4 is 35.8 Å². The Bertz CT molecular complexity index is 1340. The topological polar surface area (TPSA) is 419 Å². The minimum atomic E-state index is -1.58. The minimum Gasteiger partial charge on any atom is -0.543 e. The Morgan fingerprint density at radius 1 is 0.323 bits per heavy atom. The number of carbonyl (C=O) groups excluding carboxylic acids is 6. The molecular weight excluding hydrogens is 970 g/mol. The normalized spacial score (nSPS) is 8.81. The van der Waals surface area contributed by atoms with Gasteiger partial charge in [-0.05, 0) is 0 Å². The molecule has 0 amide bonds. The van der Waals surface area contributed by atoms with Crippen LogP contribution in [0.1, 0.15) is 62.9 Å². The van der Waals surface area contributed by atoms with Gasteiger partial charge in [-0.2, -0.15) is 0 Å². The van der Waals surface area contributed by atoms with E-state index in [2.05, 4.69) is 114 Å². The van der Waals surface area contributed by atoms with E-state index >= 15 is 0 Å². The quantitative estimate of drug-likeness (QED) is 0.143. The van der Waals surface area contributed by atoms with Gasteiger partial charge in [0.2, 0.25) is 0 Å². The Balaban J connectivity index is -0.0000000768. The maximum Gasteiger partial charge on any atom is 3.00 e. The van der Waals surface area contributed by atoms with Crippen molar-refractivity contribution in [3.05, 3.63) is 71.3 Å². The molecule has 0 aliphatic carbocycles. The summed E-state index contributed by atoms with van der Waals surface area (Å²) in [7, 11) is 30.5. The van der Waals surface area contributed by atoms with Crippen LogP contribution in [-0.4, -0.2) is 225 Å². The van der Waals surface area contributed by atoms with Crippen molar-refractivity contribution in [3.8, 4) is 0 Å². The third-order valence-corrected chi connectivity index (χ3v) is 3.16. The van der Waals surface area contributed by atoms with E-state index in [1.807, 2.05) is 0 Å². The van der Waals surface area contributed by atoms with Gasteiger partial charge in [-0.15, -0.1) is 0 Å². The van der Waals surface area contributed by atoms with Crippen LogP contribution in [0.2, 0.25) is 0 Å². The fourth-order valence-corrected chi connectivity index (χ4v) is 1.69. The molecule has 5 N–H and O–H groups in total. The van der Waals surface area contributed by atoms with Gasteiger partial charge < -0.3 is 98.4 Å². The van der Waals surface area contributed by atoms with Crippen LogP contribution in [0.5, 0.6) is 0 Å². The van der Waals surface area contributed by atoms with E-state index < -0.39 is 70.0 Å². The summed E-state index contributed by atoms with van der Waals surface area (Å²) in [6, 6.07) is 0. The van der Waals surface area contributed by atoms with E-state index in [0.717, 1.165) is 86.2 Å². The van der Waals surface area contributed by atoms with Crippen LogP contribution in [0.4, 0.5) is 0 Å². The van der Waals surface area contributed by atoms with Crippen molar-refractivity contribution in [1.82, 2.24) is 29.9 Å². The van der Waals surface area contributed by atoms with Crippen molar-refractivity contribution in [2.24, 2.45) is 0 Å². The van der Waals surface area contributed by atoms with E-state index in [-0.39, 0.29) is 49.4 Å².